The molecule has 1 unspecified atom stereocenters. The molecule has 0 N–H and O–H groups in total. The van der Waals surface area contributed by atoms with E-state index < -0.39 is 0 Å². The molecule has 0 amide bonds. The van der Waals surface area contributed by atoms with Crippen LogP contribution in [0.2, 0.25) is 0 Å². The lowest BCUT2D eigenvalue weighted by molar-refractivity contribution is 0.532. The van der Waals surface area contributed by atoms with Crippen LogP contribution in [0.1, 0.15) is 22.3 Å². The Labute approximate surface area is 114 Å². The minimum Gasteiger partial charge on any atom is -0.469 e. The fourth-order valence-corrected chi connectivity index (χ4v) is 4.69. The first kappa shape index (κ1) is 11.7. The van der Waals surface area contributed by atoms with Gasteiger partial charge in [-0.05, 0) is 50.9 Å². The maximum atomic E-state index is 6.36. The van der Waals surface area contributed by atoms with Gasteiger partial charge in [-0.15, -0.1) is 22.9 Å². The molecular formula is C10H7Br2ClOS. The van der Waals surface area contributed by atoms with Crippen LogP contribution in [0.4, 0.5) is 0 Å². The summed E-state index contributed by atoms with van der Waals surface area (Å²) >= 11 is 14.9. The van der Waals surface area contributed by atoms with Crippen molar-refractivity contribution in [3.63, 3.8) is 0 Å². The third-order valence-corrected chi connectivity index (χ3v) is 4.87. The molecule has 0 aliphatic heterocycles. The molecule has 2 aromatic rings. The lowest BCUT2D eigenvalue weighted by Gasteiger charge is -2.04. The molecule has 0 aromatic carbocycles. The summed E-state index contributed by atoms with van der Waals surface area (Å²) < 4.78 is 7.36. The third kappa shape index (κ3) is 2.49. The number of aryl methyl sites for hydroxylation is 1. The van der Waals surface area contributed by atoms with Crippen LogP contribution < -0.4 is 0 Å². The molecule has 2 aromatic heterocycles. The van der Waals surface area contributed by atoms with Crippen LogP contribution in [0.15, 0.2) is 30.4 Å². The Morgan fingerprint density at radius 3 is 2.60 bits per heavy atom. The van der Waals surface area contributed by atoms with Gasteiger partial charge in [-0.25, -0.2) is 0 Å². The first-order valence-electron chi connectivity index (χ1n) is 4.21. The summed E-state index contributed by atoms with van der Waals surface area (Å²) in [6.45, 7) is 1.91. The molecule has 0 bridgehead atoms. The first-order valence-corrected chi connectivity index (χ1v) is 7.05. The lowest BCUT2D eigenvalue weighted by Crippen LogP contribution is -1.88. The first-order chi connectivity index (χ1) is 7.08. The van der Waals surface area contributed by atoms with Crippen LogP contribution in [0, 0.1) is 6.92 Å². The smallest absolute Gasteiger partial charge is 0.101 e. The third-order valence-electron chi connectivity index (χ3n) is 2.00. The molecule has 1 nitrogen and oxygen atoms in total. The van der Waals surface area contributed by atoms with Gasteiger partial charge >= 0.3 is 0 Å². The SMILES string of the molecule is Cc1cc(C(Cl)c2cc(Br)sc2Br)co1. The van der Waals surface area contributed by atoms with E-state index in [2.05, 4.69) is 31.9 Å². The normalized spacial score (nSPS) is 13.1. The van der Waals surface area contributed by atoms with Gasteiger partial charge in [-0.3, -0.25) is 0 Å². The van der Waals surface area contributed by atoms with E-state index in [0.717, 1.165) is 24.5 Å². The lowest BCUT2D eigenvalue weighted by atomic mass is 10.1. The van der Waals surface area contributed by atoms with Crippen molar-refractivity contribution in [3.8, 4) is 0 Å². The fourth-order valence-electron chi connectivity index (χ4n) is 1.30. The molecule has 5 heteroatoms. The quantitative estimate of drug-likeness (QED) is 0.636. The number of thiophene rings is 1. The number of rotatable bonds is 2. The topological polar surface area (TPSA) is 13.1 Å². The van der Waals surface area contributed by atoms with Gasteiger partial charge in [0.25, 0.3) is 0 Å². The molecular weight excluding hydrogens is 363 g/mol. The van der Waals surface area contributed by atoms with E-state index in [1.165, 1.54) is 0 Å². The second kappa shape index (κ2) is 4.62. The average molecular weight is 370 g/mol. The number of furan rings is 1. The Morgan fingerprint density at radius 2 is 2.13 bits per heavy atom. The monoisotopic (exact) mass is 368 g/mol. The highest BCUT2D eigenvalue weighted by Crippen LogP contribution is 2.41. The molecule has 0 aliphatic carbocycles. The number of alkyl halides is 1. The molecule has 0 fully saturated rings. The van der Waals surface area contributed by atoms with E-state index in [9.17, 15) is 0 Å². The second-order valence-electron chi connectivity index (χ2n) is 3.13. The predicted molar refractivity (Wildman–Crippen MR) is 70.9 cm³/mol. The van der Waals surface area contributed by atoms with Crippen LogP contribution in [-0.4, -0.2) is 0 Å². The second-order valence-corrected chi connectivity index (χ2v) is 7.32. The highest BCUT2D eigenvalue weighted by molar-refractivity contribution is 9.12. The highest BCUT2D eigenvalue weighted by atomic mass is 79.9. The molecule has 0 aliphatic rings. The van der Waals surface area contributed by atoms with Gasteiger partial charge in [0.15, 0.2) is 0 Å². The molecule has 80 valence electrons. The summed E-state index contributed by atoms with van der Waals surface area (Å²) in [7, 11) is 0. The Balaban J connectivity index is 2.35. The molecule has 15 heavy (non-hydrogen) atoms. The maximum absolute atomic E-state index is 6.36. The van der Waals surface area contributed by atoms with Gasteiger partial charge in [-0.2, -0.15) is 0 Å². The summed E-state index contributed by atoms with van der Waals surface area (Å²) in [5.74, 6) is 0.876. The zero-order valence-electron chi connectivity index (χ0n) is 7.76. The summed E-state index contributed by atoms with van der Waals surface area (Å²) in [6.07, 6.45) is 1.70. The molecule has 2 heterocycles. The zero-order chi connectivity index (χ0) is 11.0. The van der Waals surface area contributed by atoms with E-state index in [-0.39, 0.29) is 5.38 Å². The predicted octanol–water partition coefficient (Wildman–Crippen LogP) is 5.50. The van der Waals surface area contributed by atoms with Gasteiger partial charge in [-0.1, -0.05) is 0 Å². The van der Waals surface area contributed by atoms with Crippen LogP contribution >= 0.6 is 54.8 Å². The highest BCUT2D eigenvalue weighted by Gasteiger charge is 2.18. The van der Waals surface area contributed by atoms with Crippen molar-refractivity contribution < 1.29 is 4.42 Å². The number of hydrogen-bond donors (Lipinski definition) is 0. The van der Waals surface area contributed by atoms with E-state index in [4.69, 9.17) is 16.0 Å². The number of hydrogen-bond acceptors (Lipinski definition) is 2. The van der Waals surface area contributed by atoms with E-state index in [1.54, 1.807) is 17.6 Å². The van der Waals surface area contributed by atoms with E-state index in [1.807, 2.05) is 19.1 Å². The van der Waals surface area contributed by atoms with Crippen molar-refractivity contribution >= 4 is 54.8 Å². The van der Waals surface area contributed by atoms with E-state index >= 15 is 0 Å². The molecule has 0 saturated heterocycles. The van der Waals surface area contributed by atoms with Crippen LogP contribution in [0.25, 0.3) is 0 Å². The standard InChI is InChI=1S/C10H7Br2ClOS/c1-5-2-6(4-14-5)9(13)7-3-8(11)15-10(7)12/h2-4,9H,1H3. The van der Waals surface area contributed by atoms with Gasteiger partial charge in [0, 0.05) is 11.1 Å². The largest absolute Gasteiger partial charge is 0.469 e. The van der Waals surface area contributed by atoms with Crippen molar-refractivity contribution in [1.82, 2.24) is 0 Å². The molecule has 2 rings (SSSR count). The number of halogens is 3. The fraction of sp³-hybridized carbons (Fsp3) is 0.200. The molecule has 0 spiro atoms. The van der Waals surface area contributed by atoms with Crippen LogP contribution in [-0.2, 0) is 0 Å². The Kier molecular flexibility index (Phi) is 3.60. The van der Waals surface area contributed by atoms with Crippen molar-refractivity contribution in [1.29, 1.82) is 0 Å². The Bertz CT molecular complexity index is 477. The van der Waals surface area contributed by atoms with Crippen molar-refractivity contribution in [2.75, 3.05) is 0 Å². The summed E-state index contributed by atoms with van der Waals surface area (Å²) in [5, 5.41) is -0.167. The maximum Gasteiger partial charge on any atom is 0.101 e. The van der Waals surface area contributed by atoms with Crippen molar-refractivity contribution in [2.45, 2.75) is 12.3 Å². The van der Waals surface area contributed by atoms with Gasteiger partial charge in [0.05, 0.1) is 19.2 Å². The minimum absolute atomic E-state index is 0.167. The van der Waals surface area contributed by atoms with Gasteiger partial charge in [0.1, 0.15) is 5.76 Å². The molecule has 1 atom stereocenters. The zero-order valence-corrected chi connectivity index (χ0v) is 12.5. The van der Waals surface area contributed by atoms with Crippen LogP contribution in [0.5, 0.6) is 0 Å². The average Bonchev–Trinajstić information content (AvgIpc) is 2.71. The van der Waals surface area contributed by atoms with Gasteiger partial charge in [0.2, 0.25) is 0 Å². The Morgan fingerprint density at radius 1 is 1.40 bits per heavy atom. The van der Waals surface area contributed by atoms with E-state index in [0.29, 0.717) is 0 Å². The summed E-state index contributed by atoms with van der Waals surface area (Å²) in [5.41, 5.74) is 2.05. The van der Waals surface area contributed by atoms with Crippen molar-refractivity contribution in [2.24, 2.45) is 0 Å². The molecule has 0 saturated carbocycles. The minimum atomic E-state index is -0.167. The Hall–Kier alpha value is 0.230. The van der Waals surface area contributed by atoms with Gasteiger partial charge < -0.3 is 4.42 Å². The van der Waals surface area contributed by atoms with Crippen molar-refractivity contribution in [3.05, 3.63) is 42.9 Å². The molecule has 0 radical (unpaired) electrons. The summed E-state index contributed by atoms with van der Waals surface area (Å²) in [4.78, 5) is 0. The van der Waals surface area contributed by atoms with Crippen LogP contribution in [0.3, 0.4) is 0 Å². The summed E-state index contributed by atoms with van der Waals surface area (Å²) in [6, 6.07) is 3.98.